The zero-order chi connectivity index (χ0) is 17.2. The number of aryl methyl sites for hydroxylation is 1. The van der Waals surface area contributed by atoms with Crippen LogP contribution in [0.4, 0.5) is 0 Å². The van der Waals surface area contributed by atoms with Crippen LogP contribution in [-0.2, 0) is 21.4 Å². The van der Waals surface area contributed by atoms with Crippen molar-refractivity contribution in [2.45, 2.75) is 49.9 Å². The minimum absolute atomic E-state index is 0.0594. The highest BCUT2D eigenvalue weighted by molar-refractivity contribution is 5.26. The van der Waals surface area contributed by atoms with Crippen LogP contribution in [0.1, 0.15) is 37.7 Å². The van der Waals surface area contributed by atoms with Crippen LogP contribution in [0.5, 0.6) is 0 Å². The zero-order valence-corrected chi connectivity index (χ0v) is 14.5. The highest BCUT2D eigenvalue weighted by Crippen LogP contribution is 2.48. The fourth-order valence-electron chi connectivity index (χ4n) is 4.31. The molecule has 2 fully saturated rings. The van der Waals surface area contributed by atoms with Gasteiger partial charge >= 0.3 is 0 Å². The van der Waals surface area contributed by atoms with E-state index in [0.29, 0.717) is 0 Å². The van der Waals surface area contributed by atoms with Gasteiger partial charge in [0.2, 0.25) is 0 Å². The molecule has 0 radical (unpaired) electrons. The van der Waals surface area contributed by atoms with E-state index in [9.17, 15) is 4.79 Å². The van der Waals surface area contributed by atoms with Crippen LogP contribution < -0.4 is 5.43 Å². The molecule has 4 nitrogen and oxygen atoms in total. The summed E-state index contributed by atoms with van der Waals surface area (Å²) in [6.07, 6.45) is 8.85. The second kappa shape index (κ2) is 6.77. The Hall–Kier alpha value is -1.91. The largest absolute Gasteiger partial charge is 0.354 e. The second-order valence-electron chi connectivity index (χ2n) is 7.28. The van der Waals surface area contributed by atoms with Gasteiger partial charge in [0.05, 0.1) is 13.2 Å². The second-order valence-corrected chi connectivity index (χ2v) is 7.28. The molecule has 0 amide bonds. The first-order chi connectivity index (χ1) is 12.2. The van der Waals surface area contributed by atoms with Gasteiger partial charge in [0.1, 0.15) is 0 Å². The van der Waals surface area contributed by atoms with Gasteiger partial charge in [0, 0.05) is 43.9 Å². The Morgan fingerprint density at radius 3 is 2.16 bits per heavy atom. The van der Waals surface area contributed by atoms with Gasteiger partial charge < -0.3 is 14.0 Å². The molecule has 25 heavy (non-hydrogen) atoms. The van der Waals surface area contributed by atoms with E-state index in [0.717, 1.165) is 51.9 Å². The van der Waals surface area contributed by atoms with Gasteiger partial charge in [-0.05, 0) is 30.2 Å². The summed E-state index contributed by atoms with van der Waals surface area (Å²) in [4.78, 5) is 11.3. The SMILES string of the molecule is O=c1ccn(CCC2(c3ccccc3)CCC3(CC2)OCCO3)cc1. The third-order valence-corrected chi connectivity index (χ3v) is 5.88. The smallest absolute Gasteiger partial charge is 0.181 e. The lowest BCUT2D eigenvalue weighted by atomic mass is 9.66. The maximum absolute atomic E-state index is 11.3. The van der Waals surface area contributed by atoms with Crippen molar-refractivity contribution >= 4 is 0 Å². The average molecular weight is 339 g/mol. The Balaban J connectivity index is 1.54. The summed E-state index contributed by atoms with van der Waals surface area (Å²) in [5.74, 6) is -0.338. The zero-order valence-electron chi connectivity index (χ0n) is 14.5. The molecule has 2 aliphatic rings. The predicted octanol–water partition coefficient (Wildman–Crippen LogP) is 3.49. The van der Waals surface area contributed by atoms with E-state index in [1.54, 1.807) is 12.1 Å². The number of ether oxygens (including phenoxy) is 2. The number of nitrogens with zero attached hydrogens (tertiary/aromatic N) is 1. The number of pyridine rings is 1. The molecule has 1 saturated carbocycles. The van der Waals surface area contributed by atoms with Crippen molar-refractivity contribution in [3.8, 4) is 0 Å². The van der Waals surface area contributed by atoms with Crippen molar-refractivity contribution in [2.24, 2.45) is 0 Å². The molecule has 2 aromatic rings. The summed E-state index contributed by atoms with van der Waals surface area (Å²) in [5.41, 5.74) is 1.61. The van der Waals surface area contributed by atoms with E-state index in [2.05, 4.69) is 34.9 Å². The van der Waals surface area contributed by atoms with Crippen LogP contribution in [0.25, 0.3) is 0 Å². The molecule has 4 rings (SSSR count). The molecular formula is C21H25NO3. The quantitative estimate of drug-likeness (QED) is 0.856. The van der Waals surface area contributed by atoms with Gasteiger partial charge in [-0.2, -0.15) is 0 Å². The van der Waals surface area contributed by atoms with Crippen LogP contribution in [0.2, 0.25) is 0 Å². The molecular weight excluding hydrogens is 314 g/mol. The minimum atomic E-state index is -0.338. The molecule has 0 unspecified atom stereocenters. The maximum Gasteiger partial charge on any atom is 0.181 e. The van der Waals surface area contributed by atoms with E-state index in [1.807, 2.05) is 12.4 Å². The number of rotatable bonds is 4. The molecule has 132 valence electrons. The number of aromatic nitrogens is 1. The van der Waals surface area contributed by atoms with E-state index in [4.69, 9.17) is 9.47 Å². The van der Waals surface area contributed by atoms with Crippen molar-refractivity contribution in [3.05, 3.63) is 70.6 Å². The standard InChI is InChI=1S/C21H25NO3/c23-19-6-13-22(14-7-19)15-12-20(18-4-2-1-3-5-18)8-10-21(11-9-20)24-16-17-25-21/h1-7,13-14H,8-12,15-17H2. The molecule has 4 heteroatoms. The predicted molar refractivity (Wildman–Crippen MR) is 96.5 cm³/mol. The molecule has 1 aliphatic heterocycles. The third kappa shape index (κ3) is 3.42. The number of hydrogen-bond donors (Lipinski definition) is 0. The molecule has 1 aromatic heterocycles. The lowest BCUT2D eigenvalue weighted by Crippen LogP contribution is -2.42. The van der Waals surface area contributed by atoms with Crippen molar-refractivity contribution in [1.82, 2.24) is 4.57 Å². The Morgan fingerprint density at radius 2 is 1.52 bits per heavy atom. The van der Waals surface area contributed by atoms with Crippen LogP contribution in [0.15, 0.2) is 59.7 Å². The van der Waals surface area contributed by atoms with Crippen molar-refractivity contribution in [2.75, 3.05) is 13.2 Å². The molecule has 0 atom stereocenters. The highest BCUT2D eigenvalue weighted by atomic mass is 16.7. The maximum atomic E-state index is 11.3. The molecule has 1 aromatic carbocycles. The first kappa shape index (κ1) is 16.6. The van der Waals surface area contributed by atoms with E-state index < -0.39 is 0 Å². The van der Waals surface area contributed by atoms with Crippen LogP contribution in [0, 0.1) is 0 Å². The lowest BCUT2D eigenvalue weighted by molar-refractivity contribution is -0.185. The van der Waals surface area contributed by atoms with Crippen LogP contribution in [-0.4, -0.2) is 23.6 Å². The molecule has 2 heterocycles. The van der Waals surface area contributed by atoms with Gasteiger partial charge in [-0.1, -0.05) is 30.3 Å². The number of benzene rings is 1. The molecule has 1 saturated heterocycles. The summed E-state index contributed by atoms with van der Waals surface area (Å²) >= 11 is 0. The van der Waals surface area contributed by atoms with E-state index in [-0.39, 0.29) is 16.6 Å². The summed E-state index contributed by atoms with van der Waals surface area (Å²) in [6, 6.07) is 14.1. The first-order valence-corrected chi connectivity index (χ1v) is 9.19. The van der Waals surface area contributed by atoms with Crippen LogP contribution in [0.3, 0.4) is 0 Å². The summed E-state index contributed by atoms with van der Waals surface area (Å²) in [5, 5.41) is 0. The Kier molecular flexibility index (Phi) is 4.48. The fourth-order valence-corrected chi connectivity index (χ4v) is 4.31. The van der Waals surface area contributed by atoms with Gasteiger partial charge in [-0.25, -0.2) is 0 Å². The van der Waals surface area contributed by atoms with Gasteiger partial charge in [-0.15, -0.1) is 0 Å². The topological polar surface area (TPSA) is 40.5 Å². The fraction of sp³-hybridized carbons (Fsp3) is 0.476. The van der Waals surface area contributed by atoms with Gasteiger partial charge in [-0.3, -0.25) is 4.79 Å². The Bertz CT molecular complexity index is 732. The first-order valence-electron chi connectivity index (χ1n) is 9.19. The van der Waals surface area contributed by atoms with Crippen molar-refractivity contribution in [1.29, 1.82) is 0 Å². The minimum Gasteiger partial charge on any atom is -0.354 e. The Labute approximate surface area is 148 Å². The molecule has 0 bridgehead atoms. The normalized spacial score (nSPS) is 21.4. The number of hydrogen-bond acceptors (Lipinski definition) is 3. The van der Waals surface area contributed by atoms with E-state index in [1.165, 1.54) is 5.56 Å². The summed E-state index contributed by atoms with van der Waals surface area (Å²) in [7, 11) is 0. The van der Waals surface area contributed by atoms with Crippen molar-refractivity contribution < 1.29 is 9.47 Å². The van der Waals surface area contributed by atoms with Gasteiger partial charge in [0.15, 0.2) is 11.2 Å². The lowest BCUT2D eigenvalue weighted by Gasteiger charge is -2.44. The van der Waals surface area contributed by atoms with Crippen LogP contribution >= 0.6 is 0 Å². The Morgan fingerprint density at radius 1 is 0.880 bits per heavy atom. The monoisotopic (exact) mass is 339 g/mol. The molecule has 1 spiro atoms. The molecule has 1 aliphatic carbocycles. The van der Waals surface area contributed by atoms with Crippen molar-refractivity contribution in [3.63, 3.8) is 0 Å². The highest BCUT2D eigenvalue weighted by Gasteiger charge is 2.46. The summed E-state index contributed by atoms with van der Waals surface area (Å²) < 4.78 is 14.0. The van der Waals surface area contributed by atoms with E-state index >= 15 is 0 Å². The third-order valence-electron chi connectivity index (χ3n) is 5.88. The molecule has 0 N–H and O–H groups in total. The van der Waals surface area contributed by atoms with Gasteiger partial charge in [0.25, 0.3) is 0 Å². The average Bonchev–Trinajstić information content (AvgIpc) is 3.12. The summed E-state index contributed by atoms with van der Waals surface area (Å²) in [6.45, 7) is 2.34.